The predicted octanol–water partition coefficient (Wildman–Crippen LogP) is 3.77. The predicted molar refractivity (Wildman–Crippen MR) is 109 cm³/mol. The fraction of sp³-hybridized carbons (Fsp3) is 0.333. The van der Waals surface area contributed by atoms with Crippen LogP contribution in [0.3, 0.4) is 0 Å². The molecule has 0 bridgehead atoms. The molecule has 4 N–H and O–H groups in total. The van der Waals surface area contributed by atoms with E-state index in [4.69, 9.17) is 17.0 Å². The van der Waals surface area contributed by atoms with Gasteiger partial charge in [-0.25, -0.2) is 9.78 Å². The normalized spacial score (nSPS) is 15.7. The molecule has 0 unspecified atom stereocenters. The molecule has 1 aromatic rings. The van der Waals surface area contributed by atoms with Crippen LogP contribution >= 0.6 is 11.6 Å². The number of amides is 2. The van der Waals surface area contributed by atoms with Gasteiger partial charge in [-0.3, -0.25) is 15.6 Å². The molecule has 0 aromatic carbocycles. The first-order valence-corrected chi connectivity index (χ1v) is 9.16. The van der Waals surface area contributed by atoms with E-state index in [1.807, 2.05) is 26.0 Å². The molecule has 144 valence electrons. The molecule has 0 fully saturated rings. The van der Waals surface area contributed by atoms with E-state index in [1.165, 1.54) is 6.20 Å². The van der Waals surface area contributed by atoms with Gasteiger partial charge in [-0.15, -0.1) is 0 Å². The molecule has 1 aliphatic carbocycles. The summed E-state index contributed by atoms with van der Waals surface area (Å²) in [5.41, 5.74) is 2.02. The van der Waals surface area contributed by atoms with E-state index in [1.54, 1.807) is 18.1 Å². The number of halogens is 1. The minimum Gasteiger partial charge on any atom is -0.392 e. The maximum Gasteiger partial charge on any atom is 0.327 e. The Hall–Kier alpha value is -2.87. The summed E-state index contributed by atoms with van der Waals surface area (Å²) in [6.07, 6.45) is 11.1. The lowest BCUT2D eigenvalue weighted by Gasteiger charge is -2.30. The van der Waals surface area contributed by atoms with Gasteiger partial charge in [-0.2, -0.15) is 4.98 Å². The maximum absolute atomic E-state index is 12.4. The van der Waals surface area contributed by atoms with Crippen molar-refractivity contribution in [1.82, 2.24) is 20.2 Å². The van der Waals surface area contributed by atoms with Crippen molar-refractivity contribution in [2.45, 2.75) is 33.2 Å². The van der Waals surface area contributed by atoms with Crippen LogP contribution in [0.1, 0.15) is 32.3 Å². The Labute approximate surface area is 163 Å². The van der Waals surface area contributed by atoms with Crippen LogP contribution in [0.5, 0.6) is 0 Å². The highest BCUT2D eigenvalue weighted by molar-refractivity contribution is 6.68. The van der Waals surface area contributed by atoms with Gasteiger partial charge in [-0.05, 0) is 18.9 Å². The molecule has 0 saturated carbocycles. The van der Waals surface area contributed by atoms with Gasteiger partial charge in [0.25, 0.3) is 0 Å². The maximum atomic E-state index is 12.4. The fourth-order valence-electron chi connectivity index (χ4n) is 2.53. The van der Waals surface area contributed by atoms with Gasteiger partial charge in [-0.1, -0.05) is 37.6 Å². The number of hydrogen-bond acceptors (Lipinski definition) is 6. The SMILES string of the molecule is CC.CN/C=C(/Nc1ncc2c(n1)NC(=O)N(C1=CCCC=C1)C2)C(=N)Cl. The average molecular weight is 390 g/mol. The Balaban J connectivity index is 0.00000126. The molecular weight excluding hydrogens is 366 g/mol. The summed E-state index contributed by atoms with van der Waals surface area (Å²) < 4.78 is 0. The monoisotopic (exact) mass is 389 g/mol. The van der Waals surface area contributed by atoms with Gasteiger partial charge in [0, 0.05) is 30.7 Å². The minimum atomic E-state index is -0.231. The van der Waals surface area contributed by atoms with Crippen molar-refractivity contribution in [2.24, 2.45) is 0 Å². The van der Waals surface area contributed by atoms with E-state index in [0.29, 0.717) is 18.1 Å². The summed E-state index contributed by atoms with van der Waals surface area (Å²) in [5, 5.41) is 15.8. The quantitative estimate of drug-likeness (QED) is 0.573. The molecule has 3 rings (SSSR count). The molecule has 0 spiro atoms. The van der Waals surface area contributed by atoms with Gasteiger partial charge in [0.05, 0.1) is 12.2 Å². The number of carbonyl (C=O) groups excluding carboxylic acids is 1. The van der Waals surface area contributed by atoms with E-state index in [2.05, 4.69) is 32.0 Å². The minimum absolute atomic E-state index is 0.179. The molecule has 8 nitrogen and oxygen atoms in total. The number of carbonyl (C=O) groups is 1. The molecule has 9 heteroatoms. The standard InChI is InChI=1S/C16H18ClN7O.C2H6/c1-19-8-12(13(17)18)21-15-20-7-10-9-24(11-5-3-2-4-6-11)16(25)23-14(10)22-15;1-2/h3,5-8,18-19H,2,4,9H2,1H3,(H2,20,21,22,23,25);1-2H3/b12-8+,18-13?;. The topological polar surface area (TPSA) is 106 Å². The molecular formula is C18H24ClN7O. The van der Waals surface area contributed by atoms with E-state index in [0.717, 1.165) is 24.1 Å². The molecule has 1 aliphatic heterocycles. The number of allylic oxidation sites excluding steroid dienone is 4. The average Bonchev–Trinajstić information content (AvgIpc) is 2.69. The van der Waals surface area contributed by atoms with Crippen molar-refractivity contribution in [3.8, 4) is 0 Å². The number of hydrogen-bond donors (Lipinski definition) is 4. The molecule has 2 heterocycles. The zero-order chi connectivity index (χ0) is 19.8. The van der Waals surface area contributed by atoms with Crippen LogP contribution in [0.4, 0.5) is 16.6 Å². The molecule has 2 aliphatic rings. The molecule has 0 saturated heterocycles. The lowest BCUT2D eigenvalue weighted by molar-refractivity contribution is 0.221. The Morgan fingerprint density at radius 2 is 2.19 bits per heavy atom. The summed E-state index contributed by atoms with van der Waals surface area (Å²) in [6.45, 7) is 4.40. The molecule has 2 amide bonds. The van der Waals surface area contributed by atoms with Crippen molar-refractivity contribution >= 4 is 34.6 Å². The first-order valence-electron chi connectivity index (χ1n) is 8.78. The number of fused-ring (bicyclic) bond motifs is 1. The van der Waals surface area contributed by atoms with Gasteiger partial charge < -0.3 is 10.6 Å². The lowest BCUT2D eigenvalue weighted by Crippen LogP contribution is -2.38. The van der Waals surface area contributed by atoms with Crippen LogP contribution in [-0.2, 0) is 6.54 Å². The van der Waals surface area contributed by atoms with Crippen LogP contribution in [0.25, 0.3) is 0 Å². The second-order valence-corrected chi connectivity index (χ2v) is 5.86. The summed E-state index contributed by atoms with van der Waals surface area (Å²) in [7, 11) is 1.69. The van der Waals surface area contributed by atoms with Gasteiger partial charge in [0.2, 0.25) is 5.95 Å². The van der Waals surface area contributed by atoms with Crippen LogP contribution in [0.15, 0.2) is 42.0 Å². The van der Waals surface area contributed by atoms with Crippen molar-refractivity contribution in [2.75, 3.05) is 17.7 Å². The number of aromatic nitrogens is 2. The van der Waals surface area contributed by atoms with Gasteiger partial charge in [0.15, 0.2) is 0 Å². The molecule has 27 heavy (non-hydrogen) atoms. The second-order valence-electron chi connectivity index (χ2n) is 5.48. The molecule has 0 atom stereocenters. The zero-order valence-electron chi connectivity index (χ0n) is 15.6. The van der Waals surface area contributed by atoms with E-state index in [-0.39, 0.29) is 17.2 Å². The van der Waals surface area contributed by atoms with Gasteiger partial charge in [0.1, 0.15) is 11.0 Å². The zero-order valence-corrected chi connectivity index (χ0v) is 16.4. The Morgan fingerprint density at radius 1 is 1.41 bits per heavy atom. The number of urea groups is 1. The van der Waals surface area contributed by atoms with Crippen molar-refractivity contribution < 1.29 is 4.79 Å². The van der Waals surface area contributed by atoms with Crippen molar-refractivity contribution in [3.63, 3.8) is 0 Å². The van der Waals surface area contributed by atoms with Crippen LogP contribution < -0.4 is 16.0 Å². The molecule has 1 aromatic heterocycles. The second kappa shape index (κ2) is 9.72. The van der Waals surface area contributed by atoms with E-state index < -0.39 is 0 Å². The third-order valence-electron chi connectivity index (χ3n) is 3.72. The van der Waals surface area contributed by atoms with Crippen molar-refractivity contribution in [3.05, 3.63) is 47.6 Å². The first-order chi connectivity index (χ1) is 13.1. The van der Waals surface area contributed by atoms with Crippen LogP contribution in [-0.4, -0.2) is 33.1 Å². The smallest absolute Gasteiger partial charge is 0.327 e. The van der Waals surface area contributed by atoms with E-state index >= 15 is 0 Å². The third kappa shape index (κ3) is 5.07. The Morgan fingerprint density at radius 3 is 2.81 bits per heavy atom. The highest BCUT2D eigenvalue weighted by Crippen LogP contribution is 2.26. The molecule has 0 radical (unpaired) electrons. The highest BCUT2D eigenvalue weighted by Gasteiger charge is 2.26. The number of nitrogens with one attached hydrogen (secondary N) is 4. The highest BCUT2D eigenvalue weighted by atomic mass is 35.5. The largest absolute Gasteiger partial charge is 0.392 e. The van der Waals surface area contributed by atoms with Crippen LogP contribution in [0.2, 0.25) is 0 Å². The lowest BCUT2D eigenvalue weighted by atomic mass is 10.1. The first kappa shape index (κ1) is 20.4. The van der Waals surface area contributed by atoms with Gasteiger partial charge >= 0.3 is 6.03 Å². The van der Waals surface area contributed by atoms with Crippen LogP contribution in [0, 0.1) is 5.41 Å². The Kier molecular flexibility index (Phi) is 7.36. The summed E-state index contributed by atoms with van der Waals surface area (Å²) in [5.74, 6) is 0.695. The fourth-order valence-corrected chi connectivity index (χ4v) is 2.63. The summed E-state index contributed by atoms with van der Waals surface area (Å²) in [4.78, 5) is 22.6. The third-order valence-corrected chi connectivity index (χ3v) is 3.93. The van der Waals surface area contributed by atoms with E-state index in [9.17, 15) is 4.79 Å². The number of nitrogens with zero attached hydrogens (tertiary/aromatic N) is 3. The Bertz CT molecular complexity index is 801. The van der Waals surface area contributed by atoms with Crippen molar-refractivity contribution in [1.29, 1.82) is 5.41 Å². The summed E-state index contributed by atoms with van der Waals surface area (Å²) >= 11 is 5.71. The number of anilines is 2. The number of rotatable bonds is 5. The summed E-state index contributed by atoms with van der Waals surface area (Å²) in [6, 6.07) is -0.231.